The minimum atomic E-state index is 0.291. The van der Waals surface area contributed by atoms with Gasteiger partial charge in [0.2, 0.25) is 5.95 Å². The summed E-state index contributed by atoms with van der Waals surface area (Å²) in [5.74, 6) is 1.65. The van der Waals surface area contributed by atoms with Crippen LogP contribution >= 0.6 is 0 Å². The number of aliphatic hydroxyl groups excluding tert-OH is 1. The number of aromatic nitrogens is 2. The monoisotopic (exact) mass is 208 g/mol. The molecule has 1 fully saturated rings. The van der Waals surface area contributed by atoms with Crippen molar-refractivity contribution in [2.45, 2.75) is 12.8 Å². The summed E-state index contributed by atoms with van der Waals surface area (Å²) in [4.78, 5) is 10.2. The lowest BCUT2D eigenvalue weighted by Gasteiger charge is -2.31. The Hall–Kier alpha value is -1.36. The van der Waals surface area contributed by atoms with Crippen molar-refractivity contribution in [1.29, 1.82) is 0 Å². The molecule has 15 heavy (non-hydrogen) atoms. The Balaban J connectivity index is 2.01. The van der Waals surface area contributed by atoms with Crippen LogP contribution in [0, 0.1) is 5.92 Å². The standard InChI is InChI=1S/C10H16N4O/c11-10-12-4-1-9(13-10)14-5-2-8(7-15)3-6-14/h1,4,8,15H,2-3,5-7H2,(H2,11,12,13). The van der Waals surface area contributed by atoms with Crippen LogP contribution in [0.25, 0.3) is 0 Å². The molecule has 3 N–H and O–H groups in total. The van der Waals surface area contributed by atoms with Gasteiger partial charge >= 0.3 is 0 Å². The summed E-state index contributed by atoms with van der Waals surface area (Å²) in [7, 11) is 0. The fourth-order valence-electron chi connectivity index (χ4n) is 1.88. The van der Waals surface area contributed by atoms with Crippen LogP contribution < -0.4 is 10.6 Å². The first kappa shape index (κ1) is 10.2. The van der Waals surface area contributed by atoms with Crippen LogP contribution in [0.4, 0.5) is 11.8 Å². The SMILES string of the molecule is Nc1nccc(N2CCC(CO)CC2)n1. The first-order valence-electron chi connectivity index (χ1n) is 5.24. The maximum Gasteiger partial charge on any atom is 0.221 e. The maximum absolute atomic E-state index is 9.03. The fraction of sp³-hybridized carbons (Fsp3) is 0.600. The highest BCUT2D eigenvalue weighted by atomic mass is 16.3. The number of hydrogen-bond acceptors (Lipinski definition) is 5. The van der Waals surface area contributed by atoms with Gasteiger partial charge in [0.25, 0.3) is 0 Å². The molecule has 82 valence electrons. The molecule has 0 saturated carbocycles. The zero-order valence-corrected chi connectivity index (χ0v) is 8.63. The molecular weight excluding hydrogens is 192 g/mol. The van der Waals surface area contributed by atoms with Crippen LogP contribution in [0.5, 0.6) is 0 Å². The van der Waals surface area contributed by atoms with Crippen molar-refractivity contribution >= 4 is 11.8 Å². The molecular formula is C10H16N4O. The predicted octanol–water partition coefficient (Wildman–Crippen LogP) is 0.267. The average Bonchev–Trinajstić information content (AvgIpc) is 2.29. The topological polar surface area (TPSA) is 75.3 Å². The van der Waals surface area contributed by atoms with E-state index >= 15 is 0 Å². The molecule has 0 unspecified atom stereocenters. The minimum Gasteiger partial charge on any atom is -0.396 e. The van der Waals surface area contributed by atoms with Gasteiger partial charge in [0, 0.05) is 25.9 Å². The second kappa shape index (κ2) is 4.44. The van der Waals surface area contributed by atoms with Crippen LogP contribution in [-0.4, -0.2) is 34.8 Å². The summed E-state index contributed by atoms with van der Waals surface area (Å²) >= 11 is 0. The minimum absolute atomic E-state index is 0.291. The number of nitrogen functional groups attached to an aromatic ring is 1. The average molecular weight is 208 g/mol. The first-order valence-corrected chi connectivity index (χ1v) is 5.24. The molecule has 1 aromatic heterocycles. The van der Waals surface area contributed by atoms with Gasteiger partial charge in [0.1, 0.15) is 5.82 Å². The number of hydrogen-bond donors (Lipinski definition) is 2. The highest BCUT2D eigenvalue weighted by molar-refractivity contribution is 5.41. The molecule has 2 rings (SSSR count). The van der Waals surface area contributed by atoms with Gasteiger partial charge in [-0.25, -0.2) is 4.98 Å². The Morgan fingerprint density at radius 1 is 1.47 bits per heavy atom. The summed E-state index contributed by atoms with van der Waals surface area (Å²) in [5, 5.41) is 9.03. The maximum atomic E-state index is 9.03. The Kier molecular flexibility index (Phi) is 3.01. The largest absolute Gasteiger partial charge is 0.396 e. The molecule has 2 heterocycles. The van der Waals surface area contributed by atoms with E-state index < -0.39 is 0 Å². The van der Waals surface area contributed by atoms with Gasteiger partial charge in [-0.15, -0.1) is 0 Å². The summed E-state index contributed by atoms with van der Waals surface area (Å²) in [5.41, 5.74) is 5.53. The van der Waals surface area contributed by atoms with Crippen LogP contribution in [0.1, 0.15) is 12.8 Å². The lowest BCUT2D eigenvalue weighted by molar-refractivity contribution is 0.203. The lowest BCUT2D eigenvalue weighted by Crippen LogP contribution is -2.35. The third kappa shape index (κ3) is 2.36. The van der Waals surface area contributed by atoms with E-state index in [0.29, 0.717) is 18.5 Å². The van der Waals surface area contributed by atoms with E-state index in [1.807, 2.05) is 6.07 Å². The molecule has 0 aromatic carbocycles. The normalized spacial score (nSPS) is 18.1. The van der Waals surface area contributed by atoms with Crippen LogP contribution in [0.15, 0.2) is 12.3 Å². The van der Waals surface area contributed by atoms with E-state index in [-0.39, 0.29) is 0 Å². The van der Waals surface area contributed by atoms with Crippen LogP contribution in [-0.2, 0) is 0 Å². The molecule has 0 bridgehead atoms. The molecule has 5 nitrogen and oxygen atoms in total. The van der Waals surface area contributed by atoms with Gasteiger partial charge in [-0.1, -0.05) is 0 Å². The molecule has 0 radical (unpaired) electrons. The van der Waals surface area contributed by atoms with Gasteiger partial charge in [0.15, 0.2) is 0 Å². The number of anilines is 2. The summed E-state index contributed by atoms with van der Waals surface area (Å²) in [6, 6.07) is 1.87. The van der Waals surface area contributed by atoms with Crippen molar-refractivity contribution in [3.63, 3.8) is 0 Å². The van der Waals surface area contributed by atoms with E-state index in [1.54, 1.807) is 6.20 Å². The van der Waals surface area contributed by atoms with Crippen molar-refractivity contribution in [2.75, 3.05) is 30.3 Å². The third-order valence-electron chi connectivity index (χ3n) is 2.86. The van der Waals surface area contributed by atoms with Crippen molar-refractivity contribution in [3.8, 4) is 0 Å². The number of nitrogens with two attached hydrogens (primary N) is 1. The van der Waals surface area contributed by atoms with E-state index in [9.17, 15) is 0 Å². The Bertz CT molecular complexity index is 323. The van der Waals surface area contributed by atoms with E-state index in [2.05, 4.69) is 14.9 Å². The number of rotatable bonds is 2. The van der Waals surface area contributed by atoms with Crippen molar-refractivity contribution in [1.82, 2.24) is 9.97 Å². The highest BCUT2D eigenvalue weighted by Gasteiger charge is 2.19. The molecule has 5 heteroatoms. The predicted molar refractivity (Wildman–Crippen MR) is 58.5 cm³/mol. The van der Waals surface area contributed by atoms with E-state index in [0.717, 1.165) is 31.7 Å². The summed E-state index contributed by atoms with van der Waals surface area (Å²) in [6.07, 6.45) is 3.70. The number of piperidine rings is 1. The second-order valence-electron chi connectivity index (χ2n) is 3.89. The van der Waals surface area contributed by atoms with Crippen molar-refractivity contribution in [2.24, 2.45) is 5.92 Å². The fourth-order valence-corrected chi connectivity index (χ4v) is 1.88. The van der Waals surface area contributed by atoms with Crippen molar-refractivity contribution in [3.05, 3.63) is 12.3 Å². The van der Waals surface area contributed by atoms with Crippen molar-refractivity contribution < 1.29 is 5.11 Å². The van der Waals surface area contributed by atoms with Gasteiger partial charge in [0.05, 0.1) is 0 Å². The number of aliphatic hydroxyl groups is 1. The van der Waals surface area contributed by atoms with Gasteiger partial charge in [-0.2, -0.15) is 4.98 Å². The van der Waals surface area contributed by atoms with Gasteiger partial charge in [-0.05, 0) is 24.8 Å². The second-order valence-corrected chi connectivity index (χ2v) is 3.89. The molecule has 1 aliphatic rings. The molecule has 1 saturated heterocycles. The van der Waals surface area contributed by atoms with Gasteiger partial charge in [-0.3, -0.25) is 0 Å². The molecule has 0 atom stereocenters. The zero-order chi connectivity index (χ0) is 10.7. The Morgan fingerprint density at radius 3 is 2.80 bits per heavy atom. The first-order chi connectivity index (χ1) is 7.29. The summed E-state index contributed by atoms with van der Waals surface area (Å²) in [6.45, 7) is 2.16. The Morgan fingerprint density at radius 2 is 2.20 bits per heavy atom. The highest BCUT2D eigenvalue weighted by Crippen LogP contribution is 2.21. The molecule has 1 aromatic rings. The molecule has 1 aliphatic heterocycles. The van der Waals surface area contributed by atoms with Crippen LogP contribution in [0.2, 0.25) is 0 Å². The third-order valence-corrected chi connectivity index (χ3v) is 2.86. The number of nitrogens with zero attached hydrogens (tertiary/aromatic N) is 3. The van der Waals surface area contributed by atoms with E-state index in [4.69, 9.17) is 10.8 Å². The van der Waals surface area contributed by atoms with Crippen LogP contribution in [0.3, 0.4) is 0 Å². The molecule has 0 aliphatic carbocycles. The quantitative estimate of drug-likeness (QED) is 0.729. The smallest absolute Gasteiger partial charge is 0.221 e. The molecule has 0 spiro atoms. The Labute approximate surface area is 88.9 Å². The lowest BCUT2D eigenvalue weighted by atomic mass is 9.98. The van der Waals surface area contributed by atoms with Gasteiger partial charge < -0.3 is 15.7 Å². The zero-order valence-electron chi connectivity index (χ0n) is 8.63. The summed E-state index contributed by atoms with van der Waals surface area (Å²) < 4.78 is 0. The molecule has 0 amide bonds. The van der Waals surface area contributed by atoms with E-state index in [1.165, 1.54) is 0 Å².